The molecule has 31 heavy (non-hydrogen) atoms. The lowest BCUT2D eigenvalue weighted by atomic mass is 9.79. The molecule has 1 aliphatic carbocycles. The van der Waals surface area contributed by atoms with Crippen LogP contribution in [0.15, 0.2) is 54.6 Å². The molecule has 0 aromatic heterocycles. The van der Waals surface area contributed by atoms with Gasteiger partial charge >= 0.3 is 5.97 Å². The molecule has 0 atom stereocenters. The average Bonchev–Trinajstić information content (AvgIpc) is 2.78. The highest BCUT2D eigenvalue weighted by Gasteiger charge is 2.19. The van der Waals surface area contributed by atoms with E-state index in [0.29, 0.717) is 23.7 Å². The van der Waals surface area contributed by atoms with E-state index in [-0.39, 0.29) is 25.8 Å². The number of hydrogen-bond donors (Lipinski definition) is 1. The Hall–Kier alpha value is -2.59. The van der Waals surface area contributed by atoms with E-state index in [2.05, 4.69) is 37.8 Å². The van der Waals surface area contributed by atoms with Gasteiger partial charge < -0.3 is 14.6 Å². The summed E-state index contributed by atoms with van der Waals surface area (Å²) in [6, 6.07) is 14.8. The predicted molar refractivity (Wildman–Crippen MR) is 124 cm³/mol. The van der Waals surface area contributed by atoms with Gasteiger partial charge in [-0.1, -0.05) is 56.7 Å². The molecule has 0 aliphatic heterocycles. The molecule has 2 aromatic carbocycles. The molecular weight excluding hydrogens is 388 g/mol. The highest BCUT2D eigenvalue weighted by atomic mass is 16.5. The van der Waals surface area contributed by atoms with E-state index in [9.17, 15) is 4.79 Å². The second-order valence-electron chi connectivity index (χ2n) is 8.64. The Bertz CT molecular complexity index is 877. The first-order chi connectivity index (χ1) is 15.0. The predicted octanol–water partition coefficient (Wildman–Crippen LogP) is 5.68. The first-order valence-electron chi connectivity index (χ1n) is 11.3. The summed E-state index contributed by atoms with van der Waals surface area (Å²) in [6.45, 7) is 8.11. The molecule has 0 bridgehead atoms. The van der Waals surface area contributed by atoms with Gasteiger partial charge in [0.15, 0.2) is 0 Å². The molecule has 0 spiro atoms. The normalized spacial score (nSPS) is 18.4. The fraction of sp³-hybridized carbons (Fsp3) is 0.444. The fourth-order valence-corrected chi connectivity index (χ4v) is 4.22. The average molecular weight is 423 g/mol. The van der Waals surface area contributed by atoms with Crippen molar-refractivity contribution in [1.82, 2.24) is 0 Å². The van der Waals surface area contributed by atoms with Crippen LogP contribution >= 0.6 is 0 Å². The summed E-state index contributed by atoms with van der Waals surface area (Å²) < 4.78 is 10.9. The fourth-order valence-electron chi connectivity index (χ4n) is 4.22. The number of carbonyl (C=O) groups is 1. The van der Waals surface area contributed by atoms with Crippen LogP contribution in [0.3, 0.4) is 0 Å². The number of esters is 1. The van der Waals surface area contributed by atoms with Crippen LogP contribution in [-0.4, -0.2) is 30.9 Å². The Morgan fingerprint density at radius 1 is 1.06 bits per heavy atom. The van der Waals surface area contributed by atoms with Crippen molar-refractivity contribution in [3.8, 4) is 16.9 Å². The lowest BCUT2D eigenvalue weighted by molar-refractivity contribution is -0.138. The third kappa shape index (κ3) is 6.44. The summed E-state index contributed by atoms with van der Waals surface area (Å²) in [5.41, 5.74) is 5.11. The maximum absolute atomic E-state index is 11.7. The zero-order chi connectivity index (χ0) is 22.2. The molecule has 1 fully saturated rings. The van der Waals surface area contributed by atoms with E-state index in [1.54, 1.807) is 6.92 Å². The SMILES string of the molecule is C=C(C)C(=O)OCCc1cc(OCCO)ccc1-c1ccc(C2CCC(C)CC2)cc1. The zero-order valence-electron chi connectivity index (χ0n) is 18.7. The molecule has 0 amide bonds. The first kappa shape index (κ1) is 23.1. The van der Waals surface area contributed by atoms with Gasteiger partial charge in [-0.2, -0.15) is 0 Å². The maximum atomic E-state index is 11.7. The monoisotopic (exact) mass is 422 g/mol. The van der Waals surface area contributed by atoms with E-state index in [0.717, 1.165) is 22.6 Å². The Kier molecular flexibility index (Phi) is 8.30. The van der Waals surface area contributed by atoms with Gasteiger partial charge in [0, 0.05) is 12.0 Å². The molecular formula is C27H34O4. The van der Waals surface area contributed by atoms with Gasteiger partial charge in [-0.25, -0.2) is 4.79 Å². The Balaban J connectivity index is 1.77. The summed E-state index contributed by atoms with van der Waals surface area (Å²) in [5.74, 6) is 1.84. The lowest BCUT2D eigenvalue weighted by Crippen LogP contribution is -2.10. The number of carbonyl (C=O) groups excluding carboxylic acids is 1. The third-order valence-corrected chi connectivity index (χ3v) is 6.10. The van der Waals surface area contributed by atoms with Crippen molar-refractivity contribution in [2.24, 2.45) is 5.92 Å². The van der Waals surface area contributed by atoms with E-state index >= 15 is 0 Å². The summed E-state index contributed by atoms with van der Waals surface area (Å²) in [6.07, 6.45) is 5.75. The molecule has 1 aliphatic rings. The molecule has 0 unspecified atom stereocenters. The smallest absolute Gasteiger partial charge is 0.333 e. The number of ether oxygens (including phenoxy) is 2. The van der Waals surface area contributed by atoms with Gasteiger partial charge in [0.1, 0.15) is 12.4 Å². The zero-order valence-corrected chi connectivity index (χ0v) is 18.7. The number of rotatable bonds is 9. The molecule has 1 N–H and O–H groups in total. The summed E-state index contributed by atoms with van der Waals surface area (Å²) in [7, 11) is 0. The van der Waals surface area contributed by atoms with Crippen molar-refractivity contribution < 1.29 is 19.4 Å². The number of aliphatic hydroxyl groups excluding tert-OH is 1. The van der Waals surface area contributed by atoms with Gasteiger partial charge in [0.05, 0.1) is 13.2 Å². The minimum Gasteiger partial charge on any atom is -0.491 e. The minimum absolute atomic E-state index is 0.0330. The van der Waals surface area contributed by atoms with Gasteiger partial charge in [0.25, 0.3) is 0 Å². The molecule has 4 heteroatoms. The minimum atomic E-state index is -0.375. The van der Waals surface area contributed by atoms with E-state index in [1.807, 2.05) is 18.2 Å². The van der Waals surface area contributed by atoms with Gasteiger partial charge in [-0.05, 0) is 66.0 Å². The Morgan fingerprint density at radius 2 is 1.77 bits per heavy atom. The largest absolute Gasteiger partial charge is 0.491 e. The van der Waals surface area contributed by atoms with E-state index in [4.69, 9.17) is 14.6 Å². The lowest BCUT2D eigenvalue weighted by Gasteiger charge is -2.26. The van der Waals surface area contributed by atoms with Crippen molar-refractivity contribution >= 4 is 5.97 Å². The Labute approximate surface area is 185 Å². The van der Waals surface area contributed by atoms with E-state index in [1.165, 1.54) is 31.2 Å². The van der Waals surface area contributed by atoms with E-state index < -0.39 is 0 Å². The highest BCUT2D eigenvalue weighted by Crippen LogP contribution is 2.36. The van der Waals surface area contributed by atoms with Crippen LogP contribution in [0.5, 0.6) is 5.75 Å². The maximum Gasteiger partial charge on any atom is 0.333 e. The summed E-state index contributed by atoms with van der Waals surface area (Å²) >= 11 is 0. The van der Waals surface area contributed by atoms with Gasteiger partial charge in [-0.15, -0.1) is 0 Å². The quantitative estimate of drug-likeness (QED) is 0.417. The van der Waals surface area contributed by atoms with Crippen LogP contribution in [0.2, 0.25) is 0 Å². The summed E-state index contributed by atoms with van der Waals surface area (Å²) in [5, 5.41) is 9.04. The highest BCUT2D eigenvalue weighted by molar-refractivity contribution is 5.86. The van der Waals surface area contributed by atoms with Crippen LogP contribution in [0.25, 0.3) is 11.1 Å². The molecule has 4 nitrogen and oxygen atoms in total. The summed E-state index contributed by atoms with van der Waals surface area (Å²) in [4.78, 5) is 11.7. The number of aliphatic hydroxyl groups is 1. The number of benzene rings is 2. The molecule has 166 valence electrons. The number of hydrogen-bond acceptors (Lipinski definition) is 4. The van der Waals surface area contributed by atoms with Crippen molar-refractivity contribution in [3.63, 3.8) is 0 Å². The molecule has 1 saturated carbocycles. The van der Waals surface area contributed by atoms with Crippen LogP contribution in [-0.2, 0) is 16.0 Å². The van der Waals surface area contributed by atoms with Crippen molar-refractivity contribution in [2.45, 2.75) is 51.9 Å². The third-order valence-electron chi connectivity index (χ3n) is 6.10. The topological polar surface area (TPSA) is 55.8 Å². The van der Waals surface area contributed by atoms with Gasteiger partial charge in [0.2, 0.25) is 0 Å². The van der Waals surface area contributed by atoms with Crippen LogP contribution in [0, 0.1) is 5.92 Å². The molecule has 3 rings (SSSR count). The van der Waals surface area contributed by atoms with Crippen LogP contribution < -0.4 is 4.74 Å². The molecule has 0 heterocycles. The second kappa shape index (κ2) is 11.1. The van der Waals surface area contributed by atoms with Crippen molar-refractivity contribution in [1.29, 1.82) is 0 Å². The van der Waals surface area contributed by atoms with Crippen LogP contribution in [0.1, 0.15) is 56.6 Å². The van der Waals surface area contributed by atoms with Crippen molar-refractivity contribution in [2.75, 3.05) is 19.8 Å². The molecule has 0 radical (unpaired) electrons. The Morgan fingerprint density at radius 3 is 2.42 bits per heavy atom. The second-order valence-corrected chi connectivity index (χ2v) is 8.64. The molecule has 2 aromatic rings. The molecule has 0 saturated heterocycles. The first-order valence-corrected chi connectivity index (χ1v) is 11.3. The van der Waals surface area contributed by atoms with Gasteiger partial charge in [-0.3, -0.25) is 0 Å². The van der Waals surface area contributed by atoms with Crippen LogP contribution in [0.4, 0.5) is 0 Å². The standard InChI is InChI=1S/C27H34O4/c1-19(2)27(29)31-16-14-24-18-25(30-17-15-28)12-13-26(24)23-10-8-22(9-11-23)21-6-4-20(3)5-7-21/h8-13,18,20-21,28H,1,4-7,14-17H2,2-3H3. The van der Waals surface area contributed by atoms with Crippen molar-refractivity contribution in [3.05, 3.63) is 65.7 Å².